The Bertz CT molecular complexity index is 948. The number of anilines is 1. The molecule has 0 unspecified atom stereocenters. The van der Waals surface area contributed by atoms with Crippen molar-refractivity contribution in [3.63, 3.8) is 0 Å². The van der Waals surface area contributed by atoms with Crippen LogP contribution in [0.15, 0.2) is 36.4 Å². The van der Waals surface area contributed by atoms with E-state index in [1.807, 2.05) is 24.3 Å². The molecule has 1 N–H and O–H groups in total. The number of halogens is 1. The lowest BCUT2D eigenvalue weighted by Crippen LogP contribution is -2.25. The summed E-state index contributed by atoms with van der Waals surface area (Å²) in [5.74, 6) is 1.06. The summed E-state index contributed by atoms with van der Waals surface area (Å²) in [6.07, 6.45) is 0.522. The van der Waals surface area contributed by atoms with E-state index in [-0.39, 0.29) is 12.0 Å². The van der Waals surface area contributed by atoms with E-state index in [0.29, 0.717) is 54.3 Å². The molecule has 166 valence electrons. The summed E-state index contributed by atoms with van der Waals surface area (Å²) in [4.78, 5) is 26.0. The molecule has 0 spiro atoms. The van der Waals surface area contributed by atoms with Gasteiger partial charge in [0.25, 0.3) is 5.91 Å². The van der Waals surface area contributed by atoms with E-state index in [2.05, 4.69) is 19.2 Å². The van der Waals surface area contributed by atoms with Crippen LogP contribution in [0.2, 0.25) is 5.02 Å². The van der Waals surface area contributed by atoms with Gasteiger partial charge in [-0.15, -0.1) is 0 Å². The van der Waals surface area contributed by atoms with Crippen LogP contribution in [0.5, 0.6) is 11.5 Å². The molecule has 2 aromatic carbocycles. The van der Waals surface area contributed by atoms with Gasteiger partial charge >= 0.3 is 6.09 Å². The highest BCUT2D eigenvalue weighted by Gasteiger charge is 2.23. The normalized spacial score (nSPS) is 13.3. The summed E-state index contributed by atoms with van der Waals surface area (Å²) in [5, 5.41) is 3.19. The SMILES string of the molecule is COc1cc(C(=O)NCc2cccc(N3CCOC3=O)c2)cc(Cl)c1OCCC(C)C. The molecule has 7 nitrogen and oxygen atoms in total. The highest BCUT2D eigenvalue weighted by atomic mass is 35.5. The van der Waals surface area contributed by atoms with Crippen molar-refractivity contribution in [2.24, 2.45) is 5.92 Å². The standard InChI is InChI=1S/C23H27ClN2O5/c1-15(2)7-9-30-21-19(24)12-17(13-20(21)29-3)22(27)25-14-16-5-4-6-18(11-16)26-8-10-31-23(26)28/h4-6,11-13,15H,7-10,14H2,1-3H3,(H,25,27). The molecule has 2 aromatic rings. The van der Waals surface area contributed by atoms with Gasteiger partial charge in [-0.1, -0.05) is 37.6 Å². The molecule has 0 saturated carbocycles. The second-order valence-electron chi connectivity index (χ2n) is 7.64. The van der Waals surface area contributed by atoms with Crippen molar-refractivity contribution in [1.82, 2.24) is 5.32 Å². The van der Waals surface area contributed by atoms with Crippen molar-refractivity contribution < 1.29 is 23.8 Å². The second-order valence-corrected chi connectivity index (χ2v) is 8.05. The molecule has 1 aliphatic heterocycles. The maximum atomic E-state index is 12.7. The van der Waals surface area contributed by atoms with Gasteiger partial charge in [-0.25, -0.2) is 4.79 Å². The van der Waals surface area contributed by atoms with E-state index < -0.39 is 0 Å². The molecule has 1 saturated heterocycles. The van der Waals surface area contributed by atoms with Gasteiger partial charge in [-0.3, -0.25) is 9.69 Å². The second kappa shape index (κ2) is 10.4. The van der Waals surface area contributed by atoms with E-state index in [4.69, 9.17) is 25.8 Å². The monoisotopic (exact) mass is 446 g/mol. The van der Waals surface area contributed by atoms with Gasteiger partial charge in [0.15, 0.2) is 11.5 Å². The summed E-state index contributed by atoms with van der Waals surface area (Å²) < 4.78 is 16.1. The number of carbonyl (C=O) groups is 2. The summed E-state index contributed by atoms with van der Waals surface area (Å²) in [5.41, 5.74) is 1.97. The Morgan fingerprint density at radius 3 is 2.77 bits per heavy atom. The highest BCUT2D eigenvalue weighted by Crippen LogP contribution is 2.36. The molecule has 1 fully saturated rings. The van der Waals surface area contributed by atoms with Crippen LogP contribution in [0.1, 0.15) is 36.2 Å². The average molecular weight is 447 g/mol. The Morgan fingerprint density at radius 2 is 2.10 bits per heavy atom. The molecular weight excluding hydrogens is 420 g/mol. The molecule has 1 heterocycles. The van der Waals surface area contributed by atoms with Crippen LogP contribution in [0.3, 0.4) is 0 Å². The van der Waals surface area contributed by atoms with E-state index in [9.17, 15) is 9.59 Å². The number of amides is 2. The zero-order chi connectivity index (χ0) is 22.4. The lowest BCUT2D eigenvalue weighted by atomic mass is 10.1. The lowest BCUT2D eigenvalue weighted by Gasteiger charge is -2.15. The smallest absolute Gasteiger partial charge is 0.414 e. The minimum atomic E-state index is -0.362. The Kier molecular flexibility index (Phi) is 7.63. The fraction of sp³-hybridized carbons (Fsp3) is 0.391. The number of methoxy groups -OCH3 is 1. The fourth-order valence-electron chi connectivity index (χ4n) is 3.13. The molecular formula is C23H27ClN2O5. The van der Waals surface area contributed by atoms with Crippen molar-refractivity contribution in [2.45, 2.75) is 26.8 Å². The number of hydrogen-bond acceptors (Lipinski definition) is 5. The van der Waals surface area contributed by atoms with E-state index in [1.165, 1.54) is 7.11 Å². The summed E-state index contributed by atoms with van der Waals surface area (Å²) in [7, 11) is 1.51. The van der Waals surface area contributed by atoms with E-state index in [0.717, 1.165) is 17.7 Å². The maximum absolute atomic E-state index is 12.7. The van der Waals surface area contributed by atoms with E-state index in [1.54, 1.807) is 17.0 Å². The van der Waals surface area contributed by atoms with Crippen molar-refractivity contribution in [2.75, 3.05) is 31.8 Å². The molecule has 2 amide bonds. The number of nitrogens with one attached hydrogen (secondary N) is 1. The van der Waals surface area contributed by atoms with Crippen LogP contribution < -0.4 is 19.7 Å². The first-order valence-electron chi connectivity index (χ1n) is 10.2. The third-order valence-electron chi connectivity index (χ3n) is 4.87. The van der Waals surface area contributed by atoms with Gasteiger partial charge in [0.1, 0.15) is 6.61 Å². The highest BCUT2D eigenvalue weighted by molar-refractivity contribution is 6.32. The number of carbonyl (C=O) groups excluding carboxylic acids is 2. The van der Waals surface area contributed by atoms with Gasteiger partial charge in [0.2, 0.25) is 0 Å². The molecule has 0 radical (unpaired) electrons. The zero-order valence-electron chi connectivity index (χ0n) is 17.9. The van der Waals surface area contributed by atoms with Gasteiger partial charge in [-0.2, -0.15) is 0 Å². The number of hydrogen-bond donors (Lipinski definition) is 1. The molecule has 0 aromatic heterocycles. The third kappa shape index (κ3) is 5.82. The number of benzene rings is 2. The number of rotatable bonds is 9. The van der Waals surface area contributed by atoms with Gasteiger partial charge < -0.3 is 19.5 Å². The largest absolute Gasteiger partial charge is 0.493 e. The van der Waals surface area contributed by atoms with Crippen molar-refractivity contribution in [1.29, 1.82) is 0 Å². The Labute approximate surface area is 187 Å². The minimum Gasteiger partial charge on any atom is -0.493 e. The van der Waals surface area contributed by atoms with Crippen molar-refractivity contribution in [3.8, 4) is 11.5 Å². The first-order valence-corrected chi connectivity index (χ1v) is 10.6. The summed E-state index contributed by atoms with van der Waals surface area (Å²) in [6, 6.07) is 10.6. The topological polar surface area (TPSA) is 77.1 Å². The molecule has 1 aliphatic rings. The van der Waals surface area contributed by atoms with Crippen LogP contribution in [0, 0.1) is 5.92 Å². The summed E-state index contributed by atoms with van der Waals surface area (Å²) >= 11 is 6.36. The van der Waals surface area contributed by atoms with Crippen molar-refractivity contribution >= 4 is 29.3 Å². The van der Waals surface area contributed by atoms with Gasteiger partial charge in [0, 0.05) is 17.8 Å². The maximum Gasteiger partial charge on any atom is 0.414 e. The van der Waals surface area contributed by atoms with Crippen LogP contribution >= 0.6 is 11.6 Å². The minimum absolute atomic E-state index is 0.292. The lowest BCUT2D eigenvalue weighted by molar-refractivity contribution is 0.0950. The Hall–Kier alpha value is -2.93. The first kappa shape index (κ1) is 22.7. The number of cyclic esters (lactones) is 1. The predicted molar refractivity (Wildman–Crippen MR) is 119 cm³/mol. The van der Waals surface area contributed by atoms with Crippen LogP contribution in [0.25, 0.3) is 0 Å². The van der Waals surface area contributed by atoms with E-state index >= 15 is 0 Å². The average Bonchev–Trinajstić information content (AvgIpc) is 3.18. The zero-order valence-corrected chi connectivity index (χ0v) is 18.7. The van der Waals surface area contributed by atoms with Crippen LogP contribution in [-0.2, 0) is 11.3 Å². The van der Waals surface area contributed by atoms with Gasteiger partial charge in [-0.05, 0) is 42.2 Å². The predicted octanol–water partition coefficient (Wildman–Crippen LogP) is 4.66. The fourth-order valence-corrected chi connectivity index (χ4v) is 3.40. The molecule has 8 heteroatoms. The quantitative estimate of drug-likeness (QED) is 0.606. The first-order chi connectivity index (χ1) is 14.9. The Balaban J connectivity index is 1.66. The van der Waals surface area contributed by atoms with Crippen LogP contribution in [0.4, 0.5) is 10.5 Å². The number of nitrogens with zero attached hydrogens (tertiary/aromatic N) is 1. The molecule has 0 bridgehead atoms. The molecule has 0 aliphatic carbocycles. The third-order valence-corrected chi connectivity index (χ3v) is 5.15. The van der Waals surface area contributed by atoms with Crippen LogP contribution in [-0.4, -0.2) is 38.9 Å². The molecule has 31 heavy (non-hydrogen) atoms. The summed E-state index contributed by atoms with van der Waals surface area (Å²) in [6.45, 7) is 5.92. The number of ether oxygens (including phenoxy) is 3. The van der Waals surface area contributed by atoms with Crippen molar-refractivity contribution in [3.05, 3.63) is 52.5 Å². The molecule has 0 atom stereocenters. The Morgan fingerprint density at radius 1 is 1.29 bits per heavy atom. The molecule has 3 rings (SSSR count). The van der Waals surface area contributed by atoms with Gasteiger partial charge in [0.05, 0.1) is 25.3 Å².